The van der Waals surface area contributed by atoms with E-state index in [9.17, 15) is 0 Å². The van der Waals surface area contributed by atoms with Gasteiger partial charge in [0.05, 0.1) is 6.04 Å². The molecule has 0 spiro atoms. The standard InChI is InChI=1S/C17H21ClN2O/c1-12-5-3-6-14(9-12)10-17(20-19)13(2)21-16-8-4-7-15(18)11-16/h3-9,11,13,17,20H,10,19H2,1-2H3. The van der Waals surface area contributed by atoms with E-state index in [-0.39, 0.29) is 12.1 Å². The quantitative estimate of drug-likeness (QED) is 0.634. The van der Waals surface area contributed by atoms with Gasteiger partial charge in [0.15, 0.2) is 0 Å². The minimum atomic E-state index is -0.0750. The van der Waals surface area contributed by atoms with E-state index >= 15 is 0 Å². The first-order chi connectivity index (χ1) is 10.1. The maximum Gasteiger partial charge on any atom is 0.121 e. The molecule has 0 radical (unpaired) electrons. The molecule has 21 heavy (non-hydrogen) atoms. The van der Waals surface area contributed by atoms with Gasteiger partial charge in [0.1, 0.15) is 11.9 Å². The minimum absolute atomic E-state index is 0.0192. The first-order valence-corrected chi connectivity index (χ1v) is 7.40. The fourth-order valence-corrected chi connectivity index (χ4v) is 2.47. The Balaban J connectivity index is 2.03. The monoisotopic (exact) mass is 304 g/mol. The molecule has 0 aliphatic heterocycles. The zero-order chi connectivity index (χ0) is 15.2. The molecule has 3 N–H and O–H groups in total. The minimum Gasteiger partial charge on any atom is -0.489 e. The van der Waals surface area contributed by atoms with E-state index in [1.807, 2.05) is 25.1 Å². The Hall–Kier alpha value is -1.55. The van der Waals surface area contributed by atoms with Gasteiger partial charge in [-0.1, -0.05) is 47.5 Å². The maximum atomic E-state index is 5.97. The molecule has 0 aromatic heterocycles. The fourth-order valence-electron chi connectivity index (χ4n) is 2.29. The molecule has 0 aliphatic rings. The van der Waals surface area contributed by atoms with Crippen LogP contribution >= 0.6 is 11.6 Å². The lowest BCUT2D eigenvalue weighted by atomic mass is 10.0. The summed E-state index contributed by atoms with van der Waals surface area (Å²) >= 11 is 5.97. The van der Waals surface area contributed by atoms with Crippen LogP contribution in [0, 0.1) is 6.92 Å². The molecule has 0 saturated heterocycles. The number of halogens is 1. The second-order valence-corrected chi connectivity index (χ2v) is 5.68. The summed E-state index contributed by atoms with van der Waals surface area (Å²) < 4.78 is 5.92. The Morgan fingerprint density at radius 2 is 1.95 bits per heavy atom. The predicted octanol–water partition coefficient (Wildman–Crippen LogP) is 3.49. The zero-order valence-corrected chi connectivity index (χ0v) is 13.1. The number of rotatable bonds is 6. The summed E-state index contributed by atoms with van der Waals surface area (Å²) in [5, 5.41) is 0.663. The van der Waals surface area contributed by atoms with Crippen molar-refractivity contribution in [1.29, 1.82) is 0 Å². The van der Waals surface area contributed by atoms with Crippen LogP contribution in [0.15, 0.2) is 48.5 Å². The molecular weight excluding hydrogens is 284 g/mol. The van der Waals surface area contributed by atoms with Gasteiger partial charge in [0.25, 0.3) is 0 Å². The van der Waals surface area contributed by atoms with E-state index in [4.69, 9.17) is 22.2 Å². The van der Waals surface area contributed by atoms with Crippen LogP contribution in [-0.2, 0) is 6.42 Å². The van der Waals surface area contributed by atoms with E-state index in [1.165, 1.54) is 11.1 Å². The van der Waals surface area contributed by atoms with Crippen molar-refractivity contribution in [2.75, 3.05) is 0 Å². The number of hydrogen-bond acceptors (Lipinski definition) is 3. The highest BCUT2D eigenvalue weighted by atomic mass is 35.5. The number of hydrogen-bond donors (Lipinski definition) is 2. The first kappa shape index (κ1) is 15.8. The van der Waals surface area contributed by atoms with Gasteiger partial charge in [-0.05, 0) is 44.0 Å². The highest BCUT2D eigenvalue weighted by Gasteiger charge is 2.18. The predicted molar refractivity (Wildman–Crippen MR) is 87.5 cm³/mol. The molecule has 0 aliphatic carbocycles. The molecule has 0 bridgehead atoms. The van der Waals surface area contributed by atoms with E-state index in [1.54, 1.807) is 6.07 Å². The molecule has 2 aromatic rings. The molecule has 2 rings (SSSR count). The highest BCUT2D eigenvalue weighted by molar-refractivity contribution is 6.30. The molecule has 0 amide bonds. The molecular formula is C17H21ClN2O. The SMILES string of the molecule is Cc1cccc(CC(NN)C(C)Oc2cccc(Cl)c2)c1. The molecule has 0 fully saturated rings. The Labute approximate surface area is 131 Å². The largest absolute Gasteiger partial charge is 0.489 e. The number of nitrogens with two attached hydrogens (primary N) is 1. The summed E-state index contributed by atoms with van der Waals surface area (Å²) in [6, 6.07) is 15.8. The van der Waals surface area contributed by atoms with Crippen LogP contribution in [0.2, 0.25) is 5.02 Å². The van der Waals surface area contributed by atoms with Crippen molar-refractivity contribution in [1.82, 2.24) is 5.43 Å². The van der Waals surface area contributed by atoms with Gasteiger partial charge in [0.2, 0.25) is 0 Å². The summed E-state index contributed by atoms with van der Waals surface area (Å²) in [6.45, 7) is 4.08. The maximum absolute atomic E-state index is 5.97. The number of hydrazine groups is 1. The van der Waals surface area contributed by atoms with Crippen molar-refractivity contribution in [3.63, 3.8) is 0 Å². The Bertz CT molecular complexity index is 589. The lowest BCUT2D eigenvalue weighted by Crippen LogP contribution is -2.46. The van der Waals surface area contributed by atoms with Crippen molar-refractivity contribution < 1.29 is 4.74 Å². The molecule has 3 nitrogen and oxygen atoms in total. The van der Waals surface area contributed by atoms with Gasteiger partial charge >= 0.3 is 0 Å². The van der Waals surface area contributed by atoms with E-state index in [0.29, 0.717) is 5.02 Å². The zero-order valence-electron chi connectivity index (χ0n) is 12.3. The van der Waals surface area contributed by atoms with Crippen molar-refractivity contribution in [3.8, 4) is 5.75 Å². The molecule has 2 unspecified atom stereocenters. The lowest BCUT2D eigenvalue weighted by molar-refractivity contribution is 0.169. The van der Waals surface area contributed by atoms with Crippen LogP contribution in [0.4, 0.5) is 0 Å². The molecule has 0 heterocycles. The molecule has 4 heteroatoms. The summed E-state index contributed by atoms with van der Waals surface area (Å²) in [4.78, 5) is 0. The van der Waals surface area contributed by atoms with Crippen LogP contribution < -0.4 is 16.0 Å². The van der Waals surface area contributed by atoms with Crippen molar-refractivity contribution in [2.24, 2.45) is 5.84 Å². The second kappa shape index (κ2) is 7.46. The Morgan fingerprint density at radius 1 is 1.19 bits per heavy atom. The number of aryl methyl sites for hydroxylation is 1. The van der Waals surface area contributed by atoms with Crippen molar-refractivity contribution >= 4 is 11.6 Å². The molecule has 0 saturated carbocycles. The van der Waals surface area contributed by atoms with E-state index in [2.05, 4.69) is 36.6 Å². The molecule has 112 valence electrons. The average Bonchev–Trinajstić information content (AvgIpc) is 2.44. The Kier molecular flexibility index (Phi) is 5.62. The summed E-state index contributed by atoms with van der Waals surface area (Å²) in [5.74, 6) is 6.44. The van der Waals surface area contributed by atoms with Gasteiger partial charge in [0, 0.05) is 5.02 Å². The number of benzene rings is 2. The van der Waals surface area contributed by atoms with E-state index in [0.717, 1.165) is 12.2 Å². The van der Waals surface area contributed by atoms with Crippen molar-refractivity contribution in [2.45, 2.75) is 32.4 Å². The first-order valence-electron chi connectivity index (χ1n) is 7.02. The van der Waals surface area contributed by atoms with Crippen LogP contribution in [0.1, 0.15) is 18.1 Å². The van der Waals surface area contributed by atoms with E-state index < -0.39 is 0 Å². The van der Waals surface area contributed by atoms with Gasteiger partial charge in [-0.3, -0.25) is 11.3 Å². The van der Waals surface area contributed by atoms with Gasteiger partial charge < -0.3 is 4.74 Å². The van der Waals surface area contributed by atoms with Crippen LogP contribution in [0.25, 0.3) is 0 Å². The highest BCUT2D eigenvalue weighted by Crippen LogP contribution is 2.20. The normalized spacial score (nSPS) is 13.7. The third kappa shape index (κ3) is 4.74. The summed E-state index contributed by atoms with van der Waals surface area (Å²) in [6.07, 6.45) is 0.730. The topological polar surface area (TPSA) is 47.3 Å². The van der Waals surface area contributed by atoms with Gasteiger partial charge in [-0.25, -0.2) is 0 Å². The Morgan fingerprint density at radius 3 is 2.62 bits per heavy atom. The van der Waals surface area contributed by atoms with Crippen LogP contribution in [0.5, 0.6) is 5.75 Å². The van der Waals surface area contributed by atoms with Crippen molar-refractivity contribution in [3.05, 3.63) is 64.7 Å². The van der Waals surface area contributed by atoms with Crippen LogP contribution in [-0.4, -0.2) is 12.1 Å². The van der Waals surface area contributed by atoms with Gasteiger partial charge in [-0.2, -0.15) is 0 Å². The third-order valence-electron chi connectivity index (χ3n) is 3.44. The number of ether oxygens (including phenoxy) is 1. The second-order valence-electron chi connectivity index (χ2n) is 5.25. The average molecular weight is 305 g/mol. The lowest BCUT2D eigenvalue weighted by Gasteiger charge is -2.24. The van der Waals surface area contributed by atoms with Crippen LogP contribution in [0.3, 0.4) is 0 Å². The smallest absolute Gasteiger partial charge is 0.121 e. The fraction of sp³-hybridized carbons (Fsp3) is 0.294. The third-order valence-corrected chi connectivity index (χ3v) is 3.67. The molecule has 2 aromatic carbocycles. The summed E-state index contributed by atoms with van der Waals surface area (Å²) in [7, 11) is 0. The number of nitrogens with one attached hydrogen (secondary N) is 1. The van der Waals surface area contributed by atoms with Gasteiger partial charge in [-0.15, -0.1) is 0 Å². The summed E-state index contributed by atoms with van der Waals surface area (Å²) in [5.41, 5.74) is 5.32. The molecule has 2 atom stereocenters.